The summed E-state index contributed by atoms with van der Waals surface area (Å²) in [5, 5.41) is 19.8. The molecule has 1 heterocycles. The van der Waals surface area contributed by atoms with Crippen LogP contribution in [0.3, 0.4) is 0 Å². The molecule has 1 aromatic rings. The quantitative estimate of drug-likeness (QED) is 0.582. The van der Waals surface area contributed by atoms with Gasteiger partial charge in [0, 0.05) is 11.6 Å². The molecule has 1 aliphatic rings. The van der Waals surface area contributed by atoms with Crippen LogP contribution in [0.4, 0.5) is 5.69 Å². The lowest BCUT2D eigenvalue weighted by Crippen LogP contribution is -2.01. The van der Waals surface area contributed by atoms with Crippen LogP contribution in [0.2, 0.25) is 0 Å². The molecule has 0 saturated carbocycles. The van der Waals surface area contributed by atoms with Crippen molar-refractivity contribution >= 4 is 11.6 Å². The predicted molar refractivity (Wildman–Crippen MR) is 52.1 cm³/mol. The molecule has 0 atom stereocenters. The largest absolute Gasteiger partial charge is 0.502 e. The van der Waals surface area contributed by atoms with Crippen LogP contribution in [-0.4, -0.2) is 29.1 Å². The van der Waals surface area contributed by atoms with Crippen LogP contribution in [0.25, 0.3) is 0 Å². The highest BCUT2D eigenvalue weighted by atomic mass is 16.6. The number of rotatable bonds is 2. The number of aliphatic imine (C=N–C) groups is 1. The smallest absolute Gasteiger partial charge is 0.311 e. The fourth-order valence-corrected chi connectivity index (χ4v) is 1.31. The number of nitro benzene ring substituents is 1. The summed E-state index contributed by atoms with van der Waals surface area (Å²) in [7, 11) is 0. The Balaban J connectivity index is 2.42. The minimum absolute atomic E-state index is 0.342. The summed E-state index contributed by atoms with van der Waals surface area (Å²) in [5.41, 5.74) is 0.169. The Bertz CT molecular complexity index is 442. The van der Waals surface area contributed by atoms with Gasteiger partial charge < -0.3 is 9.84 Å². The fraction of sp³-hybridized carbons (Fsp3) is 0.222. The molecular weight excluding hydrogens is 200 g/mol. The Morgan fingerprint density at radius 1 is 1.53 bits per heavy atom. The van der Waals surface area contributed by atoms with Crippen molar-refractivity contribution in [3.63, 3.8) is 0 Å². The number of aromatic hydroxyl groups is 1. The van der Waals surface area contributed by atoms with E-state index in [1.165, 1.54) is 18.2 Å². The zero-order chi connectivity index (χ0) is 10.8. The van der Waals surface area contributed by atoms with Crippen molar-refractivity contribution in [3.8, 4) is 5.75 Å². The van der Waals surface area contributed by atoms with E-state index in [1.54, 1.807) is 0 Å². The van der Waals surface area contributed by atoms with Crippen molar-refractivity contribution in [3.05, 3.63) is 33.9 Å². The molecule has 6 nitrogen and oxygen atoms in total. The van der Waals surface area contributed by atoms with Gasteiger partial charge in [-0.3, -0.25) is 10.1 Å². The van der Waals surface area contributed by atoms with Crippen molar-refractivity contribution in [2.45, 2.75) is 0 Å². The highest BCUT2D eigenvalue weighted by Gasteiger charge is 2.18. The van der Waals surface area contributed by atoms with Crippen LogP contribution in [0.1, 0.15) is 5.56 Å². The standard InChI is InChI=1S/C9H8N2O4/c12-8-2-1-6(5-7(8)11(13)14)9-10-3-4-15-9/h1-2,5,12H,3-4H2. The number of phenolic OH excluding ortho intramolecular Hbond substituents is 1. The lowest BCUT2D eigenvalue weighted by Gasteiger charge is -2.02. The number of hydrogen-bond donors (Lipinski definition) is 1. The van der Waals surface area contributed by atoms with Crippen molar-refractivity contribution in [1.82, 2.24) is 0 Å². The summed E-state index contributed by atoms with van der Waals surface area (Å²) >= 11 is 0. The average Bonchev–Trinajstić information content (AvgIpc) is 2.71. The summed E-state index contributed by atoms with van der Waals surface area (Å²) in [6, 6.07) is 4.05. The SMILES string of the molecule is O=[N+]([O-])c1cc(C2=NCCO2)ccc1O. The number of nitrogens with zero attached hydrogens (tertiary/aromatic N) is 2. The van der Waals surface area contributed by atoms with E-state index < -0.39 is 4.92 Å². The van der Waals surface area contributed by atoms with Crippen LogP contribution in [-0.2, 0) is 4.74 Å². The maximum atomic E-state index is 10.6. The summed E-state index contributed by atoms with van der Waals surface area (Å²) in [4.78, 5) is 13.9. The van der Waals surface area contributed by atoms with E-state index in [2.05, 4.69) is 4.99 Å². The van der Waals surface area contributed by atoms with E-state index in [1.807, 2.05) is 0 Å². The number of ether oxygens (including phenoxy) is 1. The van der Waals surface area contributed by atoms with Crippen LogP contribution >= 0.6 is 0 Å². The third kappa shape index (κ3) is 1.74. The fourth-order valence-electron chi connectivity index (χ4n) is 1.31. The molecule has 0 aliphatic carbocycles. The first-order valence-corrected chi connectivity index (χ1v) is 4.33. The molecule has 0 amide bonds. The summed E-state index contributed by atoms with van der Waals surface area (Å²) in [6.45, 7) is 1.05. The van der Waals surface area contributed by atoms with Gasteiger partial charge in [0.15, 0.2) is 5.75 Å². The van der Waals surface area contributed by atoms with Crippen LogP contribution < -0.4 is 0 Å². The molecule has 0 saturated heterocycles. The second-order valence-corrected chi connectivity index (χ2v) is 3.00. The third-order valence-corrected chi connectivity index (χ3v) is 2.00. The Labute approximate surface area is 85.0 Å². The molecule has 1 aliphatic heterocycles. The van der Waals surface area contributed by atoms with Crippen molar-refractivity contribution in [1.29, 1.82) is 0 Å². The number of benzene rings is 1. The Morgan fingerprint density at radius 2 is 2.33 bits per heavy atom. The molecule has 1 aromatic carbocycles. The van der Waals surface area contributed by atoms with Crippen molar-refractivity contribution in [2.75, 3.05) is 13.2 Å². The van der Waals surface area contributed by atoms with Gasteiger partial charge in [-0.2, -0.15) is 0 Å². The van der Waals surface area contributed by atoms with Gasteiger partial charge in [-0.05, 0) is 12.1 Å². The summed E-state index contributed by atoms with van der Waals surface area (Å²) < 4.78 is 5.16. The second kappa shape index (κ2) is 3.56. The van der Waals surface area contributed by atoms with Crippen LogP contribution in [0.15, 0.2) is 23.2 Å². The van der Waals surface area contributed by atoms with E-state index in [0.717, 1.165) is 0 Å². The molecular formula is C9H8N2O4. The molecule has 6 heteroatoms. The van der Waals surface area contributed by atoms with Gasteiger partial charge in [0.1, 0.15) is 6.61 Å². The summed E-state index contributed by atoms with van der Waals surface area (Å²) in [5.74, 6) is 0.0282. The van der Waals surface area contributed by atoms with Crippen LogP contribution in [0, 0.1) is 10.1 Å². The lowest BCUT2D eigenvalue weighted by atomic mass is 10.2. The zero-order valence-electron chi connectivity index (χ0n) is 7.71. The molecule has 2 rings (SSSR count). The Morgan fingerprint density at radius 3 is 2.93 bits per heavy atom. The Kier molecular flexibility index (Phi) is 2.24. The first-order chi connectivity index (χ1) is 7.18. The molecule has 15 heavy (non-hydrogen) atoms. The number of phenols is 1. The normalized spacial score (nSPS) is 14.5. The first-order valence-electron chi connectivity index (χ1n) is 4.33. The Hall–Kier alpha value is -2.11. The number of nitro groups is 1. The maximum Gasteiger partial charge on any atom is 0.311 e. The van der Waals surface area contributed by atoms with E-state index in [9.17, 15) is 15.2 Å². The average molecular weight is 208 g/mol. The molecule has 78 valence electrons. The number of hydrogen-bond acceptors (Lipinski definition) is 5. The molecule has 0 unspecified atom stereocenters. The van der Waals surface area contributed by atoms with Crippen molar-refractivity contribution in [2.24, 2.45) is 4.99 Å². The zero-order valence-corrected chi connectivity index (χ0v) is 7.71. The maximum absolute atomic E-state index is 10.6. The van der Waals surface area contributed by atoms with Crippen LogP contribution in [0.5, 0.6) is 5.75 Å². The molecule has 1 N–H and O–H groups in total. The lowest BCUT2D eigenvalue weighted by molar-refractivity contribution is -0.385. The topological polar surface area (TPSA) is 85.0 Å². The molecule has 0 fully saturated rings. The van der Waals surface area contributed by atoms with Gasteiger partial charge in [-0.15, -0.1) is 0 Å². The highest BCUT2D eigenvalue weighted by Crippen LogP contribution is 2.27. The van der Waals surface area contributed by atoms with Gasteiger partial charge in [-0.1, -0.05) is 0 Å². The molecule has 0 radical (unpaired) electrons. The molecule has 0 aromatic heterocycles. The molecule has 0 spiro atoms. The third-order valence-electron chi connectivity index (χ3n) is 2.00. The minimum Gasteiger partial charge on any atom is -0.502 e. The molecule has 0 bridgehead atoms. The highest BCUT2D eigenvalue weighted by molar-refractivity contribution is 5.95. The summed E-state index contributed by atoms with van der Waals surface area (Å²) in [6.07, 6.45) is 0. The van der Waals surface area contributed by atoms with Gasteiger partial charge in [0.05, 0.1) is 11.5 Å². The van der Waals surface area contributed by atoms with E-state index >= 15 is 0 Å². The predicted octanol–water partition coefficient (Wildman–Crippen LogP) is 1.08. The van der Waals surface area contributed by atoms with Gasteiger partial charge in [-0.25, -0.2) is 4.99 Å². The second-order valence-electron chi connectivity index (χ2n) is 3.00. The first kappa shape index (κ1) is 9.45. The van der Waals surface area contributed by atoms with Gasteiger partial charge in [0.25, 0.3) is 0 Å². The van der Waals surface area contributed by atoms with Gasteiger partial charge in [0.2, 0.25) is 5.90 Å². The van der Waals surface area contributed by atoms with Crippen molar-refractivity contribution < 1.29 is 14.8 Å². The van der Waals surface area contributed by atoms with E-state index in [0.29, 0.717) is 24.6 Å². The van der Waals surface area contributed by atoms with E-state index in [4.69, 9.17) is 4.74 Å². The minimum atomic E-state index is -0.644. The van der Waals surface area contributed by atoms with E-state index in [-0.39, 0.29) is 11.4 Å². The van der Waals surface area contributed by atoms with Gasteiger partial charge >= 0.3 is 5.69 Å². The monoisotopic (exact) mass is 208 g/mol.